The molecule has 0 spiro atoms. The third kappa shape index (κ3) is 5.43. The molecule has 3 nitrogen and oxygen atoms in total. The van der Waals surface area contributed by atoms with Crippen LogP contribution in [0.4, 0.5) is 0 Å². The molecule has 0 aromatic carbocycles. The van der Waals surface area contributed by atoms with Gasteiger partial charge in [0, 0.05) is 13.2 Å². The third-order valence-corrected chi connectivity index (χ3v) is 8.10. The summed E-state index contributed by atoms with van der Waals surface area (Å²) in [6, 6.07) is 0. The summed E-state index contributed by atoms with van der Waals surface area (Å²) >= 11 is 0. The van der Waals surface area contributed by atoms with Crippen LogP contribution in [0.3, 0.4) is 0 Å². The van der Waals surface area contributed by atoms with Crippen molar-refractivity contribution in [2.45, 2.75) is 64.3 Å². The van der Waals surface area contributed by atoms with Crippen LogP contribution in [-0.4, -0.2) is 37.3 Å². The van der Waals surface area contributed by atoms with Crippen molar-refractivity contribution in [2.75, 3.05) is 13.2 Å². The highest BCUT2D eigenvalue weighted by molar-refractivity contribution is 6.74. The van der Waals surface area contributed by atoms with E-state index in [4.69, 9.17) is 9.53 Å². The van der Waals surface area contributed by atoms with Crippen LogP contribution in [0.2, 0.25) is 18.1 Å². The van der Waals surface area contributed by atoms with Crippen molar-refractivity contribution in [1.29, 1.82) is 0 Å². The van der Waals surface area contributed by atoms with Crippen molar-refractivity contribution in [2.24, 2.45) is 0 Å². The van der Waals surface area contributed by atoms with E-state index >= 15 is 0 Å². The van der Waals surface area contributed by atoms with Crippen LogP contribution >= 0.6 is 0 Å². The van der Waals surface area contributed by atoms with E-state index in [2.05, 4.69) is 33.9 Å². The summed E-state index contributed by atoms with van der Waals surface area (Å²) in [5.74, 6) is 0. The summed E-state index contributed by atoms with van der Waals surface area (Å²) in [6.07, 6.45) is 0.994. The summed E-state index contributed by atoms with van der Waals surface area (Å²) in [6.45, 7) is 13.3. The second-order valence-electron chi connectivity index (χ2n) is 6.33. The molecule has 0 aliphatic carbocycles. The maximum absolute atomic E-state index is 9.89. The Bertz CT molecular complexity index is 207. The Hall–Kier alpha value is 0.0969. The molecule has 0 aliphatic rings. The number of rotatable bonds is 6. The quantitative estimate of drug-likeness (QED) is 0.710. The van der Waals surface area contributed by atoms with Gasteiger partial charge in [0.05, 0.1) is 5.60 Å². The summed E-state index contributed by atoms with van der Waals surface area (Å²) in [4.78, 5) is 0. The topological polar surface area (TPSA) is 49.7 Å². The first kappa shape index (κ1) is 16.1. The Labute approximate surface area is 101 Å². The summed E-state index contributed by atoms with van der Waals surface area (Å²) < 4.78 is 5.97. The second kappa shape index (κ2) is 5.62. The SMILES string of the molecule is CC(O)(CCO)CCO[Si](C)(C)C(C)(C)C. The lowest BCUT2D eigenvalue weighted by atomic mass is 10.00. The van der Waals surface area contributed by atoms with Gasteiger partial charge in [-0.2, -0.15) is 0 Å². The maximum Gasteiger partial charge on any atom is 0.191 e. The molecule has 0 fully saturated rings. The molecular formula is C12H28O3Si. The minimum atomic E-state index is -1.70. The summed E-state index contributed by atoms with van der Waals surface area (Å²) in [7, 11) is -1.70. The van der Waals surface area contributed by atoms with E-state index in [9.17, 15) is 5.11 Å². The van der Waals surface area contributed by atoms with Crippen molar-refractivity contribution in [3.63, 3.8) is 0 Å². The monoisotopic (exact) mass is 248 g/mol. The zero-order chi connectivity index (χ0) is 13.0. The zero-order valence-corrected chi connectivity index (χ0v) is 12.6. The number of hydrogen-bond donors (Lipinski definition) is 2. The summed E-state index contributed by atoms with van der Waals surface area (Å²) in [5.41, 5.74) is -0.808. The first-order valence-electron chi connectivity index (χ1n) is 5.99. The van der Waals surface area contributed by atoms with Crippen molar-refractivity contribution >= 4 is 8.32 Å². The molecule has 0 aromatic heterocycles. The maximum atomic E-state index is 9.89. The van der Waals surface area contributed by atoms with Crippen LogP contribution in [0.5, 0.6) is 0 Å². The molecule has 4 heteroatoms. The van der Waals surface area contributed by atoms with Gasteiger partial charge in [-0.15, -0.1) is 0 Å². The first-order valence-corrected chi connectivity index (χ1v) is 8.90. The fourth-order valence-electron chi connectivity index (χ4n) is 1.11. The van der Waals surface area contributed by atoms with E-state index < -0.39 is 13.9 Å². The lowest BCUT2D eigenvalue weighted by Gasteiger charge is -2.37. The lowest BCUT2D eigenvalue weighted by Crippen LogP contribution is -2.42. The molecule has 0 amide bonds. The fraction of sp³-hybridized carbons (Fsp3) is 1.00. The Balaban J connectivity index is 4.08. The van der Waals surface area contributed by atoms with E-state index in [1.54, 1.807) is 6.92 Å². The van der Waals surface area contributed by atoms with Crippen molar-refractivity contribution in [1.82, 2.24) is 0 Å². The summed E-state index contributed by atoms with van der Waals surface area (Å²) in [5, 5.41) is 18.9. The van der Waals surface area contributed by atoms with Gasteiger partial charge in [0.1, 0.15) is 0 Å². The third-order valence-electron chi connectivity index (χ3n) is 3.56. The van der Waals surface area contributed by atoms with E-state index in [1.165, 1.54) is 0 Å². The van der Waals surface area contributed by atoms with Gasteiger partial charge in [0.15, 0.2) is 8.32 Å². The van der Waals surface area contributed by atoms with Gasteiger partial charge in [-0.05, 0) is 37.9 Å². The van der Waals surface area contributed by atoms with Crippen molar-refractivity contribution in [3.05, 3.63) is 0 Å². The minimum Gasteiger partial charge on any atom is -0.417 e. The van der Waals surface area contributed by atoms with Crippen molar-refractivity contribution < 1.29 is 14.6 Å². The molecule has 0 aliphatic heterocycles. The van der Waals surface area contributed by atoms with Crippen LogP contribution in [-0.2, 0) is 4.43 Å². The van der Waals surface area contributed by atoms with Gasteiger partial charge >= 0.3 is 0 Å². The predicted octanol–water partition coefficient (Wildman–Crippen LogP) is 2.53. The Morgan fingerprint density at radius 3 is 1.94 bits per heavy atom. The molecule has 98 valence electrons. The first-order chi connectivity index (χ1) is 7.02. The standard InChI is InChI=1S/C12H28O3Si/c1-11(2,3)16(5,6)15-10-8-12(4,14)7-9-13/h13-14H,7-10H2,1-6H3. The van der Waals surface area contributed by atoms with Crippen LogP contribution in [0, 0.1) is 0 Å². The molecule has 0 bridgehead atoms. The Kier molecular flexibility index (Phi) is 5.66. The normalized spacial score (nSPS) is 17.2. The van der Waals surface area contributed by atoms with E-state index in [0.717, 1.165) is 0 Å². The molecule has 0 heterocycles. The molecule has 0 rings (SSSR count). The van der Waals surface area contributed by atoms with Crippen LogP contribution < -0.4 is 0 Å². The zero-order valence-electron chi connectivity index (χ0n) is 11.6. The Morgan fingerprint density at radius 2 is 1.56 bits per heavy atom. The molecule has 0 saturated heterocycles. The van der Waals surface area contributed by atoms with E-state index in [0.29, 0.717) is 19.4 Å². The highest BCUT2D eigenvalue weighted by Gasteiger charge is 2.37. The van der Waals surface area contributed by atoms with Gasteiger partial charge < -0.3 is 14.6 Å². The molecule has 1 unspecified atom stereocenters. The van der Waals surface area contributed by atoms with Crippen LogP contribution in [0.25, 0.3) is 0 Å². The fourth-order valence-corrected chi connectivity index (χ4v) is 2.15. The molecular weight excluding hydrogens is 220 g/mol. The number of hydrogen-bond acceptors (Lipinski definition) is 3. The smallest absolute Gasteiger partial charge is 0.191 e. The largest absolute Gasteiger partial charge is 0.417 e. The van der Waals surface area contributed by atoms with Crippen molar-refractivity contribution in [3.8, 4) is 0 Å². The Morgan fingerprint density at radius 1 is 1.06 bits per heavy atom. The van der Waals surface area contributed by atoms with E-state index in [1.807, 2.05) is 0 Å². The molecule has 1 atom stereocenters. The van der Waals surface area contributed by atoms with E-state index in [-0.39, 0.29) is 11.6 Å². The molecule has 0 aromatic rings. The average molecular weight is 248 g/mol. The van der Waals surface area contributed by atoms with Gasteiger partial charge in [0.25, 0.3) is 0 Å². The van der Waals surface area contributed by atoms with Gasteiger partial charge in [-0.1, -0.05) is 20.8 Å². The number of aliphatic hydroxyl groups is 2. The van der Waals surface area contributed by atoms with Gasteiger partial charge in [-0.25, -0.2) is 0 Å². The minimum absolute atomic E-state index is 0.0209. The highest BCUT2D eigenvalue weighted by atomic mass is 28.4. The van der Waals surface area contributed by atoms with Gasteiger partial charge in [0.2, 0.25) is 0 Å². The average Bonchev–Trinajstić information content (AvgIpc) is 2.00. The molecule has 16 heavy (non-hydrogen) atoms. The molecule has 0 radical (unpaired) electrons. The van der Waals surface area contributed by atoms with Crippen LogP contribution in [0.1, 0.15) is 40.5 Å². The molecule has 0 saturated carbocycles. The lowest BCUT2D eigenvalue weighted by molar-refractivity contribution is 0.0130. The number of aliphatic hydroxyl groups excluding tert-OH is 1. The van der Waals surface area contributed by atoms with Crippen LogP contribution in [0.15, 0.2) is 0 Å². The highest BCUT2D eigenvalue weighted by Crippen LogP contribution is 2.36. The molecule has 2 N–H and O–H groups in total. The second-order valence-corrected chi connectivity index (χ2v) is 11.1. The predicted molar refractivity (Wildman–Crippen MR) is 70.1 cm³/mol. The van der Waals surface area contributed by atoms with Gasteiger partial charge in [-0.3, -0.25) is 0 Å².